The Bertz CT molecular complexity index is 1790. The van der Waals surface area contributed by atoms with E-state index in [1.165, 1.54) is 11.3 Å². The van der Waals surface area contributed by atoms with Gasteiger partial charge in [-0.15, -0.1) is 11.3 Å². The van der Waals surface area contributed by atoms with Crippen LogP contribution in [0.25, 0.3) is 16.1 Å². The molecular weight excluding hydrogens is 749 g/mol. The van der Waals surface area contributed by atoms with Gasteiger partial charge in [0.05, 0.1) is 18.4 Å². The van der Waals surface area contributed by atoms with Gasteiger partial charge < -0.3 is 29.7 Å². The molecule has 4 heterocycles. The van der Waals surface area contributed by atoms with Crippen molar-refractivity contribution in [2.24, 2.45) is 5.92 Å². The molecule has 3 aromatic heterocycles. The van der Waals surface area contributed by atoms with Crippen LogP contribution >= 0.6 is 11.3 Å². The molecule has 55 heavy (non-hydrogen) atoms. The second-order valence-corrected chi connectivity index (χ2v) is 30.2. The standard InChI is InChI=1S/C39H62N8O5SSi2/c1-39(2,3)52-38(49)40-21-29-12-14-45(15-13-29)35-11-10-30(31-22-41-46(24-31)27-50-16-18-54(4,5)6)20-33(35)43-36(48)34-26-53-37(44-34)32-23-42-47(25-32)28-51-17-19-55(7,8)9/h10-11,22-26,29,33H,12-21,27-28H2,1-9H3,(H,40,49)(H,43,48). The zero-order valence-electron chi connectivity index (χ0n) is 34.3. The molecule has 0 radical (unpaired) electrons. The summed E-state index contributed by atoms with van der Waals surface area (Å²) in [7, 11) is -2.34. The third kappa shape index (κ3) is 13.8. The number of piperidine rings is 1. The highest BCUT2D eigenvalue weighted by Crippen LogP contribution is 2.32. The molecule has 1 saturated heterocycles. The fraction of sp³-hybridized carbons (Fsp3) is 0.615. The summed E-state index contributed by atoms with van der Waals surface area (Å²) in [5.74, 6) is 0.130. The molecule has 1 aliphatic heterocycles. The van der Waals surface area contributed by atoms with Crippen molar-refractivity contribution in [1.82, 2.24) is 40.1 Å². The van der Waals surface area contributed by atoms with Crippen molar-refractivity contribution >= 4 is 45.1 Å². The number of allylic oxidation sites excluding steroid dienone is 2. The summed E-state index contributed by atoms with van der Waals surface area (Å²) in [4.78, 5) is 33.2. The Morgan fingerprint density at radius 3 is 2.09 bits per heavy atom. The topological polar surface area (TPSA) is 138 Å². The Kier molecular flexibility index (Phi) is 14.4. The number of likely N-dealkylation sites (tertiary alicyclic amines) is 1. The van der Waals surface area contributed by atoms with Crippen LogP contribution in [0.15, 0.2) is 48.0 Å². The second kappa shape index (κ2) is 18.6. The van der Waals surface area contributed by atoms with Gasteiger partial charge in [-0.05, 0) is 69.7 Å². The molecule has 13 nitrogen and oxygen atoms in total. The van der Waals surface area contributed by atoms with E-state index in [9.17, 15) is 9.59 Å². The number of hydrogen-bond acceptors (Lipinski definition) is 10. The highest BCUT2D eigenvalue weighted by Gasteiger charge is 2.30. The monoisotopic (exact) mass is 810 g/mol. The van der Waals surface area contributed by atoms with E-state index < -0.39 is 21.7 Å². The van der Waals surface area contributed by atoms with E-state index >= 15 is 0 Å². The summed E-state index contributed by atoms with van der Waals surface area (Å²) in [5.41, 5.74) is 3.88. The van der Waals surface area contributed by atoms with Crippen molar-refractivity contribution in [1.29, 1.82) is 0 Å². The fourth-order valence-corrected chi connectivity index (χ4v) is 8.55. The molecule has 5 rings (SSSR count). The quantitative estimate of drug-likeness (QED) is 0.105. The summed E-state index contributed by atoms with van der Waals surface area (Å²) in [5, 5.41) is 17.8. The molecule has 2 aliphatic rings. The number of carbonyl (C=O) groups is 2. The van der Waals surface area contributed by atoms with E-state index in [0.717, 1.165) is 78.6 Å². The summed E-state index contributed by atoms with van der Waals surface area (Å²) in [6.07, 6.45) is 13.9. The average Bonchev–Trinajstić information content (AvgIpc) is 3.88. The van der Waals surface area contributed by atoms with E-state index in [4.69, 9.17) is 19.2 Å². The van der Waals surface area contributed by atoms with Crippen molar-refractivity contribution in [3.63, 3.8) is 0 Å². The normalized spacial score (nSPS) is 17.2. The summed E-state index contributed by atoms with van der Waals surface area (Å²) >= 11 is 1.43. The van der Waals surface area contributed by atoms with Gasteiger partial charge in [0.15, 0.2) is 0 Å². The first-order valence-corrected chi connectivity index (χ1v) is 27.8. The van der Waals surface area contributed by atoms with Gasteiger partial charge in [-0.3, -0.25) is 4.79 Å². The van der Waals surface area contributed by atoms with Crippen molar-refractivity contribution in [3.8, 4) is 10.6 Å². The number of ether oxygens (including phenoxy) is 3. The molecule has 2 N–H and O–H groups in total. The van der Waals surface area contributed by atoms with Crippen LogP contribution in [0.4, 0.5) is 4.79 Å². The highest BCUT2D eigenvalue weighted by atomic mass is 32.1. The van der Waals surface area contributed by atoms with E-state index in [1.54, 1.807) is 10.9 Å². The van der Waals surface area contributed by atoms with Crippen molar-refractivity contribution in [2.45, 2.75) is 117 Å². The van der Waals surface area contributed by atoms with Crippen LogP contribution in [-0.2, 0) is 27.7 Å². The minimum Gasteiger partial charge on any atom is -0.444 e. The first kappa shape index (κ1) is 42.6. The SMILES string of the molecule is CC(C)(C)OC(=O)NCC1CCN(C2=CC=C(c3cnn(COCC[Si](C)(C)C)c3)CC2NC(=O)c2csc(-c3cnn(COCC[Si](C)(C)C)c3)n2)CC1. The molecule has 0 spiro atoms. The zero-order chi connectivity index (χ0) is 39.8. The van der Waals surface area contributed by atoms with Crippen molar-refractivity contribution in [3.05, 3.63) is 59.3 Å². The molecular formula is C39H62N8O5SSi2. The number of carbonyl (C=O) groups excluding carboxylic acids is 2. The fourth-order valence-electron chi connectivity index (χ4n) is 6.26. The van der Waals surface area contributed by atoms with Gasteiger partial charge >= 0.3 is 6.09 Å². The van der Waals surface area contributed by atoms with Gasteiger partial charge in [0, 0.05) is 83.6 Å². The second-order valence-electron chi connectivity index (χ2n) is 18.1. The van der Waals surface area contributed by atoms with Crippen LogP contribution in [0, 0.1) is 5.92 Å². The summed E-state index contributed by atoms with van der Waals surface area (Å²) in [6.45, 7) is 24.1. The number of aromatic nitrogens is 5. The van der Waals surface area contributed by atoms with Crippen molar-refractivity contribution in [2.75, 3.05) is 32.8 Å². The molecule has 3 aromatic rings. The Labute approximate surface area is 332 Å². The van der Waals surface area contributed by atoms with E-state index in [0.29, 0.717) is 38.0 Å². The Balaban J connectivity index is 1.24. The molecule has 302 valence electrons. The van der Waals surface area contributed by atoms with E-state index in [1.807, 2.05) is 49.4 Å². The van der Waals surface area contributed by atoms with Crippen LogP contribution in [0.3, 0.4) is 0 Å². The third-order valence-electron chi connectivity index (χ3n) is 9.52. The lowest BCUT2D eigenvalue weighted by atomic mass is 9.90. The molecule has 0 bridgehead atoms. The van der Waals surface area contributed by atoms with Gasteiger partial charge in [-0.1, -0.05) is 45.4 Å². The first-order chi connectivity index (χ1) is 25.9. The Morgan fingerprint density at radius 2 is 1.49 bits per heavy atom. The molecule has 0 saturated carbocycles. The number of amides is 2. The molecule has 16 heteroatoms. The maximum absolute atomic E-state index is 13.9. The lowest BCUT2D eigenvalue weighted by Crippen LogP contribution is -2.46. The van der Waals surface area contributed by atoms with Crippen LogP contribution in [0.2, 0.25) is 51.4 Å². The molecule has 1 fully saturated rings. The Hall–Kier alpha value is -3.58. The molecule has 1 atom stereocenters. The number of nitrogens with one attached hydrogen (secondary N) is 2. The first-order valence-electron chi connectivity index (χ1n) is 19.5. The maximum atomic E-state index is 13.9. The number of rotatable bonds is 17. The highest BCUT2D eigenvalue weighted by molar-refractivity contribution is 7.13. The number of nitrogens with zero attached hydrogens (tertiary/aromatic N) is 6. The molecule has 2 amide bonds. The van der Waals surface area contributed by atoms with Crippen molar-refractivity contribution < 1.29 is 23.8 Å². The number of alkyl carbamates (subject to hydrolysis) is 1. The smallest absolute Gasteiger partial charge is 0.407 e. The minimum atomic E-state index is -1.17. The molecule has 1 aliphatic carbocycles. The molecule has 1 unspecified atom stereocenters. The lowest BCUT2D eigenvalue weighted by Gasteiger charge is -2.39. The van der Waals surface area contributed by atoms with E-state index in [2.05, 4.69) is 77.2 Å². The Morgan fingerprint density at radius 1 is 0.891 bits per heavy atom. The number of hydrogen-bond donors (Lipinski definition) is 2. The average molecular weight is 811 g/mol. The lowest BCUT2D eigenvalue weighted by molar-refractivity contribution is 0.0511. The summed E-state index contributed by atoms with van der Waals surface area (Å²) < 4.78 is 20.8. The van der Waals surface area contributed by atoms with Gasteiger partial charge in [0.25, 0.3) is 5.91 Å². The molecule has 0 aromatic carbocycles. The third-order valence-corrected chi connectivity index (χ3v) is 13.8. The zero-order valence-corrected chi connectivity index (χ0v) is 37.1. The van der Waals surface area contributed by atoms with Crippen LogP contribution in [0.5, 0.6) is 0 Å². The summed E-state index contributed by atoms with van der Waals surface area (Å²) in [6, 6.07) is 1.95. The largest absolute Gasteiger partial charge is 0.444 e. The van der Waals surface area contributed by atoms with Crippen LogP contribution in [-0.4, -0.2) is 102 Å². The van der Waals surface area contributed by atoms with Gasteiger partial charge in [0.2, 0.25) is 0 Å². The van der Waals surface area contributed by atoms with Crippen LogP contribution < -0.4 is 10.6 Å². The van der Waals surface area contributed by atoms with E-state index in [-0.39, 0.29) is 18.0 Å². The van der Waals surface area contributed by atoms with Gasteiger partial charge in [-0.25, -0.2) is 19.1 Å². The predicted octanol–water partition coefficient (Wildman–Crippen LogP) is 7.53. The maximum Gasteiger partial charge on any atom is 0.407 e. The number of thiazole rings is 1. The van der Waals surface area contributed by atoms with Gasteiger partial charge in [0.1, 0.15) is 29.8 Å². The minimum absolute atomic E-state index is 0.218. The van der Waals surface area contributed by atoms with Gasteiger partial charge in [-0.2, -0.15) is 10.2 Å². The predicted molar refractivity (Wildman–Crippen MR) is 224 cm³/mol. The van der Waals surface area contributed by atoms with Crippen LogP contribution in [0.1, 0.15) is 56.1 Å².